The van der Waals surface area contributed by atoms with Gasteiger partial charge in [0.05, 0.1) is 18.4 Å². The molecule has 0 bridgehead atoms. The third kappa shape index (κ3) is 9.05. The van der Waals surface area contributed by atoms with Crippen LogP contribution in [0.3, 0.4) is 0 Å². The molecular formula is C16H26Cl2N4O3S. The average molecular weight is 425 g/mol. The maximum absolute atomic E-state index is 11.3. The second-order valence-electron chi connectivity index (χ2n) is 5.52. The van der Waals surface area contributed by atoms with Crippen LogP contribution in [-0.2, 0) is 10.0 Å². The quantitative estimate of drug-likeness (QED) is 0.261. The molecule has 1 aromatic carbocycles. The summed E-state index contributed by atoms with van der Waals surface area (Å²) in [7, 11) is -3.17. The molecule has 1 aromatic rings. The van der Waals surface area contributed by atoms with Crippen molar-refractivity contribution < 1.29 is 13.5 Å². The van der Waals surface area contributed by atoms with Crippen LogP contribution in [0.4, 0.5) is 0 Å². The number of guanidine groups is 1. The molecule has 0 aliphatic rings. The van der Waals surface area contributed by atoms with Gasteiger partial charge in [0.2, 0.25) is 10.0 Å². The number of hydrogen-bond donors (Lipinski definition) is 4. The van der Waals surface area contributed by atoms with Crippen molar-refractivity contribution in [3.63, 3.8) is 0 Å². The number of aliphatic imine (C=N–C) groups is 1. The smallest absolute Gasteiger partial charge is 0.211 e. The Bertz CT molecular complexity index is 678. The Labute approximate surface area is 165 Å². The molecule has 0 aromatic heterocycles. The van der Waals surface area contributed by atoms with Crippen molar-refractivity contribution in [3.8, 4) is 0 Å². The largest absolute Gasteiger partial charge is 0.386 e. The zero-order chi connectivity index (χ0) is 19.6. The molecular weight excluding hydrogens is 399 g/mol. The van der Waals surface area contributed by atoms with Crippen molar-refractivity contribution in [1.82, 2.24) is 15.4 Å². The van der Waals surface area contributed by atoms with E-state index in [4.69, 9.17) is 23.2 Å². The zero-order valence-corrected chi connectivity index (χ0v) is 17.3. The van der Waals surface area contributed by atoms with E-state index in [1.165, 1.54) is 0 Å². The molecule has 4 N–H and O–H groups in total. The monoisotopic (exact) mass is 424 g/mol. The lowest BCUT2D eigenvalue weighted by molar-refractivity contribution is 0.187. The predicted octanol–water partition coefficient (Wildman–Crippen LogP) is 1.91. The van der Waals surface area contributed by atoms with E-state index in [-0.39, 0.29) is 12.3 Å². The number of benzene rings is 1. The minimum atomic E-state index is -3.17. The van der Waals surface area contributed by atoms with Gasteiger partial charge in [-0.05, 0) is 44.0 Å². The van der Waals surface area contributed by atoms with E-state index in [0.717, 1.165) is 0 Å². The molecule has 1 rings (SSSR count). The van der Waals surface area contributed by atoms with Gasteiger partial charge in [0.25, 0.3) is 0 Å². The van der Waals surface area contributed by atoms with Crippen LogP contribution in [0.25, 0.3) is 0 Å². The topological polar surface area (TPSA) is 103 Å². The Balaban J connectivity index is 2.52. The van der Waals surface area contributed by atoms with E-state index in [0.29, 0.717) is 47.6 Å². The fraction of sp³-hybridized carbons (Fsp3) is 0.562. The van der Waals surface area contributed by atoms with Crippen LogP contribution in [-0.4, -0.2) is 51.4 Å². The van der Waals surface area contributed by atoms with Crippen LogP contribution in [0.1, 0.15) is 31.9 Å². The highest BCUT2D eigenvalue weighted by atomic mass is 35.5. The highest BCUT2D eigenvalue weighted by Gasteiger charge is 2.10. The number of hydrogen-bond acceptors (Lipinski definition) is 4. The van der Waals surface area contributed by atoms with E-state index in [1.807, 2.05) is 6.92 Å². The lowest BCUT2D eigenvalue weighted by atomic mass is 10.1. The first kappa shape index (κ1) is 23.0. The normalized spacial score (nSPS) is 13.5. The molecule has 0 aliphatic heterocycles. The van der Waals surface area contributed by atoms with E-state index in [2.05, 4.69) is 20.3 Å². The second kappa shape index (κ2) is 11.6. The lowest BCUT2D eigenvalue weighted by Gasteiger charge is -2.14. The van der Waals surface area contributed by atoms with Gasteiger partial charge in [0.1, 0.15) is 0 Å². The number of nitrogens with zero attached hydrogens (tertiary/aromatic N) is 1. The number of halogens is 2. The van der Waals surface area contributed by atoms with Crippen LogP contribution in [0.2, 0.25) is 10.0 Å². The minimum absolute atomic E-state index is 0.0654. The third-order valence-electron chi connectivity index (χ3n) is 3.38. The molecule has 0 spiro atoms. The van der Waals surface area contributed by atoms with Crippen LogP contribution < -0.4 is 15.4 Å². The van der Waals surface area contributed by atoms with Crippen LogP contribution in [0.15, 0.2) is 23.2 Å². The number of nitrogens with one attached hydrogen (secondary N) is 3. The second-order valence-corrected chi connectivity index (χ2v) is 8.48. The summed E-state index contributed by atoms with van der Waals surface area (Å²) in [5.41, 5.74) is 0.594. The van der Waals surface area contributed by atoms with Crippen LogP contribution in [0, 0.1) is 0 Å². The molecule has 0 amide bonds. The van der Waals surface area contributed by atoms with Crippen molar-refractivity contribution in [2.75, 3.05) is 31.9 Å². The fourth-order valence-corrected chi connectivity index (χ4v) is 3.22. The number of sulfonamides is 1. The van der Waals surface area contributed by atoms with Crippen LogP contribution in [0.5, 0.6) is 0 Å². The SMILES string of the molecule is CCNC(=NCC(O)c1cc(Cl)cc(Cl)c1)NCCCNS(=O)(=O)CC. The number of aliphatic hydroxyl groups excluding tert-OH is 1. The summed E-state index contributed by atoms with van der Waals surface area (Å²) in [6, 6.07) is 4.89. The summed E-state index contributed by atoms with van der Waals surface area (Å²) < 4.78 is 25.2. The molecule has 148 valence electrons. The zero-order valence-electron chi connectivity index (χ0n) is 14.9. The number of rotatable bonds is 10. The molecule has 0 saturated heterocycles. The highest BCUT2D eigenvalue weighted by molar-refractivity contribution is 7.89. The van der Waals surface area contributed by atoms with Crippen molar-refractivity contribution in [3.05, 3.63) is 33.8 Å². The summed E-state index contributed by atoms with van der Waals surface area (Å²) in [5, 5.41) is 17.3. The van der Waals surface area contributed by atoms with Gasteiger partial charge in [-0.2, -0.15) is 0 Å². The van der Waals surface area contributed by atoms with Gasteiger partial charge in [-0.25, -0.2) is 13.1 Å². The maximum atomic E-state index is 11.3. The van der Waals surface area contributed by atoms with Gasteiger partial charge in [-0.3, -0.25) is 4.99 Å². The summed E-state index contributed by atoms with van der Waals surface area (Å²) in [6.07, 6.45) is -0.228. The molecule has 10 heteroatoms. The van der Waals surface area contributed by atoms with Gasteiger partial charge < -0.3 is 15.7 Å². The summed E-state index contributed by atoms with van der Waals surface area (Å²) >= 11 is 11.9. The van der Waals surface area contributed by atoms with E-state index < -0.39 is 16.1 Å². The molecule has 0 aliphatic carbocycles. The van der Waals surface area contributed by atoms with Gasteiger partial charge in [-0.1, -0.05) is 23.2 Å². The molecule has 0 saturated carbocycles. The van der Waals surface area contributed by atoms with Crippen molar-refractivity contribution in [1.29, 1.82) is 0 Å². The van der Waals surface area contributed by atoms with Crippen molar-refractivity contribution >= 4 is 39.2 Å². The van der Waals surface area contributed by atoms with Gasteiger partial charge in [-0.15, -0.1) is 0 Å². The first-order valence-corrected chi connectivity index (χ1v) is 10.8. The molecule has 0 radical (unpaired) electrons. The summed E-state index contributed by atoms with van der Waals surface area (Å²) in [5.74, 6) is 0.605. The first-order valence-electron chi connectivity index (χ1n) is 8.41. The maximum Gasteiger partial charge on any atom is 0.211 e. The summed E-state index contributed by atoms with van der Waals surface area (Å²) in [4.78, 5) is 4.33. The highest BCUT2D eigenvalue weighted by Crippen LogP contribution is 2.23. The Morgan fingerprint density at radius 2 is 1.81 bits per heavy atom. The fourth-order valence-electron chi connectivity index (χ4n) is 2.02. The molecule has 7 nitrogen and oxygen atoms in total. The van der Waals surface area contributed by atoms with E-state index in [9.17, 15) is 13.5 Å². The average Bonchev–Trinajstić information content (AvgIpc) is 2.58. The predicted molar refractivity (Wildman–Crippen MR) is 107 cm³/mol. The standard InChI is InChI=1S/C16H26Cl2N4O3S/c1-3-19-16(20-6-5-7-22-26(24,25)4-2)21-11-15(23)12-8-13(17)10-14(18)9-12/h8-10,15,22-23H,3-7,11H2,1-2H3,(H2,19,20,21). The van der Waals surface area contributed by atoms with Gasteiger partial charge in [0.15, 0.2) is 5.96 Å². The van der Waals surface area contributed by atoms with Crippen molar-refractivity contribution in [2.45, 2.75) is 26.4 Å². The Hall–Kier alpha value is -1.06. The molecule has 26 heavy (non-hydrogen) atoms. The third-order valence-corrected chi connectivity index (χ3v) is 5.22. The molecule has 1 unspecified atom stereocenters. The lowest BCUT2D eigenvalue weighted by Crippen LogP contribution is -2.39. The Morgan fingerprint density at radius 1 is 1.15 bits per heavy atom. The number of aliphatic hydroxyl groups is 1. The van der Waals surface area contributed by atoms with Gasteiger partial charge >= 0.3 is 0 Å². The first-order chi connectivity index (χ1) is 12.3. The van der Waals surface area contributed by atoms with E-state index in [1.54, 1.807) is 25.1 Å². The van der Waals surface area contributed by atoms with E-state index >= 15 is 0 Å². The van der Waals surface area contributed by atoms with Crippen molar-refractivity contribution in [2.24, 2.45) is 4.99 Å². The summed E-state index contributed by atoms with van der Waals surface area (Å²) in [6.45, 7) is 5.21. The minimum Gasteiger partial charge on any atom is -0.386 e. The Kier molecular flexibility index (Phi) is 10.3. The molecule has 0 heterocycles. The van der Waals surface area contributed by atoms with Crippen LogP contribution >= 0.6 is 23.2 Å². The molecule has 0 fully saturated rings. The van der Waals surface area contributed by atoms with Gasteiger partial charge in [0, 0.05) is 29.7 Å². The molecule has 1 atom stereocenters. The Morgan fingerprint density at radius 3 is 2.38 bits per heavy atom.